The molecule has 1 atom stereocenters. The standard InChI is InChI=1S/C17H19N5O3.C2HF3O2/c1-10(2)8-13(18)14-20-15(25-21-14)12-9-19-17(24)22(16(12)23)11-6-4-3-5-7-11;3-2(4,5)1(6)7/h3-7,9-10,13H,8,18H2,1-2H3,(H,19,24);(H,6,7). The lowest BCUT2D eigenvalue weighted by Gasteiger charge is -2.08. The summed E-state index contributed by atoms with van der Waals surface area (Å²) >= 11 is 0. The molecule has 1 aromatic carbocycles. The summed E-state index contributed by atoms with van der Waals surface area (Å²) in [4.78, 5) is 40.5. The van der Waals surface area contributed by atoms with E-state index >= 15 is 0 Å². The van der Waals surface area contributed by atoms with Crippen LogP contribution >= 0.6 is 0 Å². The van der Waals surface area contributed by atoms with Crippen LogP contribution in [0, 0.1) is 5.92 Å². The van der Waals surface area contributed by atoms with Gasteiger partial charge in [0, 0.05) is 6.20 Å². The van der Waals surface area contributed by atoms with Crippen molar-refractivity contribution in [2.45, 2.75) is 32.5 Å². The van der Waals surface area contributed by atoms with Crippen molar-refractivity contribution in [2.75, 3.05) is 0 Å². The summed E-state index contributed by atoms with van der Waals surface area (Å²) in [5.41, 5.74) is 5.52. The van der Waals surface area contributed by atoms with Crippen LogP contribution in [0.4, 0.5) is 13.2 Å². The summed E-state index contributed by atoms with van der Waals surface area (Å²) in [6.07, 6.45) is -3.12. The predicted octanol–water partition coefficient (Wildman–Crippen LogP) is 2.25. The minimum atomic E-state index is -5.08. The van der Waals surface area contributed by atoms with Gasteiger partial charge in [-0.25, -0.2) is 14.2 Å². The second-order valence-electron chi connectivity index (χ2n) is 6.98. The molecule has 10 nitrogen and oxygen atoms in total. The van der Waals surface area contributed by atoms with E-state index in [-0.39, 0.29) is 17.5 Å². The van der Waals surface area contributed by atoms with E-state index in [1.807, 2.05) is 13.8 Å². The minimum Gasteiger partial charge on any atom is -0.475 e. The first-order valence-corrected chi connectivity index (χ1v) is 9.21. The third-order valence-electron chi connectivity index (χ3n) is 3.96. The van der Waals surface area contributed by atoms with Crippen molar-refractivity contribution in [3.8, 4) is 17.1 Å². The van der Waals surface area contributed by atoms with Crippen LogP contribution in [-0.2, 0) is 4.79 Å². The first-order valence-electron chi connectivity index (χ1n) is 9.21. The Morgan fingerprint density at radius 2 is 1.84 bits per heavy atom. The molecule has 0 saturated heterocycles. The maximum atomic E-state index is 12.7. The maximum Gasteiger partial charge on any atom is 0.490 e. The molecule has 4 N–H and O–H groups in total. The Morgan fingerprint density at radius 1 is 1.25 bits per heavy atom. The number of aromatic amines is 1. The van der Waals surface area contributed by atoms with Gasteiger partial charge in [0.1, 0.15) is 5.56 Å². The van der Waals surface area contributed by atoms with E-state index in [1.54, 1.807) is 30.3 Å². The maximum absolute atomic E-state index is 12.7. The van der Waals surface area contributed by atoms with Crippen molar-refractivity contribution in [2.24, 2.45) is 11.7 Å². The van der Waals surface area contributed by atoms with Crippen molar-refractivity contribution >= 4 is 5.97 Å². The summed E-state index contributed by atoms with van der Waals surface area (Å²) in [7, 11) is 0. The average Bonchev–Trinajstić information content (AvgIpc) is 3.18. The largest absolute Gasteiger partial charge is 0.490 e. The molecule has 0 radical (unpaired) electrons. The SMILES string of the molecule is CC(C)CC(N)c1noc(-c2c[nH]c(=O)n(-c3ccccc3)c2=O)n1.O=C(O)C(F)(F)F. The third-order valence-corrected chi connectivity index (χ3v) is 3.96. The predicted molar refractivity (Wildman–Crippen MR) is 106 cm³/mol. The Morgan fingerprint density at radius 3 is 2.38 bits per heavy atom. The number of nitrogens with zero attached hydrogens (tertiary/aromatic N) is 3. The number of aromatic nitrogens is 4. The van der Waals surface area contributed by atoms with Gasteiger partial charge in [-0.05, 0) is 24.5 Å². The first-order chi connectivity index (χ1) is 14.9. The van der Waals surface area contributed by atoms with Gasteiger partial charge in [-0.3, -0.25) is 4.79 Å². The Bertz CT molecular complexity index is 1170. The van der Waals surface area contributed by atoms with Crippen LogP contribution in [0.3, 0.4) is 0 Å². The van der Waals surface area contributed by atoms with Gasteiger partial charge in [-0.15, -0.1) is 0 Å². The molecule has 2 aromatic heterocycles. The number of carboxylic acid groups (broad SMARTS) is 1. The van der Waals surface area contributed by atoms with Crippen molar-refractivity contribution in [3.63, 3.8) is 0 Å². The monoisotopic (exact) mass is 455 g/mol. The fraction of sp³-hybridized carbons (Fsp3) is 0.316. The van der Waals surface area contributed by atoms with Crippen molar-refractivity contribution < 1.29 is 27.6 Å². The van der Waals surface area contributed by atoms with Gasteiger partial charge in [0.15, 0.2) is 5.82 Å². The molecule has 0 amide bonds. The molecule has 3 rings (SSSR count). The zero-order valence-corrected chi connectivity index (χ0v) is 17.0. The van der Waals surface area contributed by atoms with Crippen LogP contribution in [0.25, 0.3) is 17.1 Å². The van der Waals surface area contributed by atoms with Crippen molar-refractivity contribution in [1.82, 2.24) is 19.7 Å². The number of alkyl halides is 3. The number of hydrogen-bond acceptors (Lipinski definition) is 7. The number of halogens is 3. The minimum absolute atomic E-state index is 0.0279. The second-order valence-corrected chi connectivity index (χ2v) is 6.98. The summed E-state index contributed by atoms with van der Waals surface area (Å²) in [5.74, 6) is -2.02. The van der Waals surface area contributed by atoms with Gasteiger partial charge in [-0.2, -0.15) is 18.2 Å². The van der Waals surface area contributed by atoms with Crippen LogP contribution in [0.5, 0.6) is 0 Å². The molecule has 172 valence electrons. The van der Waals surface area contributed by atoms with Gasteiger partial charge in [0.25, 0.3) is 11.4 Å². The Kier molecular flexibility index (Phi) is 7.70. The van der Waals surface area contributed by atoms with E-state index in [2.05, 4.69) is 15.1 Å². The number of hydrogen-bond donors (Lipinski definition) is 3. The highest BCUT2D eigenvalue weighted by atomic mass is 19.4. The molecule has 0 aliphatic heterocycles. The van der Waals surface area contributed by atoms with Crippen LogP contribution in [0.15, 0.2) is 50.6 Å². The molecule has 1 unspecified atom stereocenters. The highest BCUT2D eigenvalue weighted by Gasteiger charge is 2.38. The number of aliphatic carboxylic acids is 1. The van der Waals surface area contributed by atoms with E-state index in [9.17, 15) is 22.8 Å². The number of carboxylic acids is 1. The van der Waals surface area contributed by atoms with E-state index in [0.717, 1.165) is 4.57 Å². The van der Waals surface area contributed by atoms with Gasteiger partial charge < -0.3 is 20.3 Å². The van der Waals surface area contributed by atoms with Crippen LogP contribution in [0.2, 0.25) is 0 Å². The topological polar surface area (TPSA) is 157 Å². The molecule has 0 aliphatic carbocycles. The van der Waals surface area contributed by atoms with Crippen LogP contribution in [0.1, 0.15) is 32.1 Å². The summed E-state index contributed by atoms with van der Waals surface area (Å²) < 4.78 is 37.9. The normalized spacial score (nSPS) is 12.2. The zero-order valence-electron chi connectivity index (χ0n) is 17.0. The molecule has 32 heavy (non-hydrogen) atoms. The molecule has 0 bridgehead atoms. The molecule has 0 saturated carbocycles. The molecule has 0 fully saturated rings. The van der Waals surface area contributed by atoms with Crippen molar-refractivity contribution in [3.05, 3.63) is 63.2 Å². The number of nitrogens with two attached hydrogens (primary N) is 1. The molecule has 13 heteroatoms. The molecule has 0 aliphatic rings. The highest BCUT2D eigenvalue weighted by molar-refractivity contribution is 5.73. The molecule has 2 heterocycles. The fourth-order valence-corrected chi connectivity index (χ4v) is 2.55. The Hall–Kier alpha value is -3.74. The van der Waals surface area contributed by atoms with E-state index in [4.69, 9.17) is 20.2 Å². The quantitative estimate of drug-likeness (QED) is 0.529. The number of nitrogens with one attached hydrogen (secondary N) is 1. The lowest BCUT2D eigenvalue weighted by Crippen LogP contribution is -2.34. The Balaban J connectivity index is 0.000000451. The van der Waals surface area contributed by atoms with Crippen LogP contribution in [-0.4, -0.2) is 36.9 Å². The molecule has 0 spiro atoms. The van der Waals surface area contributed by atoms with Gasteiger partial charge in [-0.1, -0.05) is 37.2 Å². The number of H-pyrrole nitrogens is 1. The summed E-state index contributed by atoms with van der Waals surface area (Å²) in [5, 5.41) is 11.0. The van der Waals surface area contributed by atoms with E-state index < -0.39 is 23.4 Å². The van der Waals surface area contributed by atoms with Gasteiger partial charge in [0.2, 0.25) is 0 Å². The fourth-order valence-electron chi connectivity index (χ4n) is 2.55. The highest BCUT2D eigenvalue weighted by Crippen LogP contribution is 2.19. The molecular formula is C19H20F3N5O5. The zero-order chi connectivity index (χ0) is 24.1. The average molecular weight is 455 g/mol. The van der Waals surface area contributed by atoms with Crippen LogP contribution < -0.4 is 17.0 Å². The number of rotatable bonds is 5. The van der Waals surface area contributed by atoms with Crippen molar-refractivity contribution in [1.29, 1.82) is 0 Å². The van der Waals surface area contributed by atoms with E-state index in [0.29, 0.717) is 23.9 Å². The summed E-state index contributed by atoms with van der Waals surface area (Å²) in [6.45, 7) is 4.09. The van der Waals surface area contributed by atoms with E-state index in [1.165, 1.54) is 6.20 Å². The third kappa shape index (κ3) is 6.14. The summed E-state index contributed by atoms with van der Waals surface area (Å²) in [6, 6.07) is 8.23. The lowest BCUT2D eigenvalue weighted by molar-refractivity contribution is -0.192. The van der Waals surface area contributed by atoms with Gasteiger partial charge >= 0.3 is 17.8 Å². The number of para-hydroxylation sites is 1. The Labute approximate surface area is 178 Å². The number of carbonyl (C=O) groups is 1. The molecule has 3 aromatic rings. The number of benzene rings is 1. The molecular weight excluding hydrogens is 435 g/mol. The first kappa shape index (κ1) is 24.5. The second kappa shape index (κ2) is 10.0. The lowest BCUT2D eigenvalue weighted by atomic mass is 10.0. The smallest absolute Gasteiger partial charge is 0.475 e. The van der Waals surface area contributed by atoms with Gasteiger partial charge in [0.05, 0.1) is 11.7 Å².